The first kappa shape index (κ1) is 13.5. The Morgan fingerprint density at radius 1 is 1.33 bits per heavy atom. The lowest BCUT2D eigenvalue weighted by Crippen LogP contribution is -2.43. The Morgan fingerprint density at radius 3 is 2.78 bits per heavy atom. The molecule has 2 rings (SSSR count). The van der Waals surface area contributed by atoms with Gasteiger partial charge in [-0.1, -0.05) is 25.1 Å². The number of benzene rings is 1. The Hall–Kier alpha value is -0.930. The number of halogens is 1. The average molecular weight is 251 g/mol. The second-order valence-corrected chi connectivity index (χ2v) is 5.52. The van der Waals surface area contributed by atoms with E-state index in [4.69, 9.17) is 0 Å². The van der Waals surface area contributed by atoms with Crippen molar-refractivity contribution in [3.05, 3.63) is 35.6 Å². The summed E-state index contributed by atoms with van der Waals surface area (Å²) in [5, 5.41) is 10.2. The van der Waals surface area contributed by atoms with Gasteiger partial charge in [-0.25, -0.2) is 4.39 Å². The van der Waals surface area contributed by atoms with Crippen LogP contribution >= 0.6 is 0 Å². The van der Waals surface area contributed by atoms with E-state index in [1.807, 2.05) is 0 Å². The molecule has 2 nitrogen and oxygen atoms in total. The van der Waals surface area contributed by atoms with Crippen LogP contribution in [0.5, 0.6) is 0 Å². The van der Waals surface area contributed by atoms with Crippen molar-refractivity contribution in [2.45, 2.75) is 38.8 Å². The summed E-state index contributed by atoms with van der Waals surface area (Å²) in [5.41, 5.74) is 0.405. The zero-order valence-corrected chi connectivity index (χ0v) is 11.1. The molecule has 3 atom stereocenters. The van der Waals surface area contributed by atoms with Gasteiger partial charge in [0.15, 0.2) is 0 Å². The fraction of sp³-hybridized carbons (Fsp3) is 0.600. The molecule has 1 fully saturated rings. The van der Waals surface area contributed by atoms with E-state index < -0.39 is 6.10 Å². The van der Waals surface area contributed by atoms with E-state index >= 15 is 0 Å². The Labute approximate surface area is 108 Å². The molecule has 0 spiro atoms. The molecule has 1 aromatic carbocycles. The first-order valence-corrected chi connectivity index (χ1v) is 6.74. The zero-order chi connectivity index (χ0) is 13.1. The number of nitrogens with zero attached hydrogens (tertiary/aromatic N) is 1. The molecule has 3 heteroatoms. The SMILES string of the molecule is CC1CCC(C)N(CC(O)c2ccccc2F)C1. The van der Waals surface area contributed by atoms with Crippen molar-refractivity contribution in [3.8, 4) is 0 Å². The molecular formula is C15H22FNO. The average Bonchev–Trinajstić information content (AvgIpc) is 2.34. The lowest BCUT2D eigenvalue weighted by Gasteiger charge is -2.37. The Balaban J connectivity index is 2.02. The molecule has 100 valence electrons. The van der Waals surface area contributed by atoms with E-state index in [2.05, 4.69) is 18.7 Å². The van der Waals surface area contributed by atoms with E-state index in [0.29, 0.717) is 24.1 Å². The van der Waals surface area contributed by atoms with Gasteiger partial charge in [0.25, 0.3) is 0 Å². The summed E-state index contributed by atoms with van der Waals surface area (Å²) < 4.78 is 13.6. The van der Waals surface area contributed by atoms with E-state index in [1.54, 1.807) is 18.2 Å². The van der Waals surface area contributed by atoms with E-state index in [9.17, 15) is 9.50 Å². The van der Waals surface area contributed by atoms with Gasteiger partial charge in [-0.3, -0.25) is 4.90 Å². The third-order valence-electron chi connectivity index (χ3n) is 3.92. The Bertz CT molecular complexity index is 396. The van der Waals surface area contributed by atoms with Crippen LogP contribution in [0.2, 0.25) is 0 Å². The minimum atomic E-state index is -0.737. The highest BCUT2D eigenvalue weighted by Crippen LogP contribution is 2.25. The van der Waals surface area contributed by atoms with Crippen LogP contribution in [0.1, 0.15) is 38.4 Å². The minimum Gasteiger partial charge on any atom is -0.387 e. The van der Waals surface area contributed by atoms with Crippen LogP contribution < -0.4 is 0 Å². The van der Waals surface area contributed by atoms with E-state index in [1.165, 1.54) is 12.5 Å². The van der Waals surface area contributed by atoms with Gasteiger partial charge >= 0.3 is 0 Å². The van der Waals surface area contributed by atoms with Crippen molar-refractivity contribution in [1.29, 1.82) is 0 Å². The summed E-state index contributed by atoms with van der Waals surface area (Å²) in [4.78, 5) is 2.27. The summed E-state index contributed by atoms with van der Waals surface area (Å²) in [5.74, 6) is 0.344. The Morgan fingerprint density at radius 2 is 2.06 bits per heavy atom. The number of rotatable bonds is 3. The summed E-state index contributed by atoms with van der Waals surface area (Å²) in [6, 6.07) is 6.96. The number of aliphatic hydroxyl groups excluding tert-OH is 1. The number of β-amino-alcohol motifs (C(OH)–C–C–N with tert-alkyl or cyclic N) is 1. The van der Waals surface area contributed by atoms with Crippen LogP contribution in [0.25, 0.3) is 0 Å². The largest absolute Gasteiger partial charge is 0.387 e. The normalized spacial score (nSPS) is 27.1. The maximum absolute atomic E-state index is 13.6. The van der Waals surface area contributed by atoms with Gasteiger partial charge < -0.3 is 5.11 Å². The number of likely N-dealkylation sites (tertiary alicyclic amines) is 1. The molecule has 1 aromatic rings. The van der Waals surface area contributed by atoms with Gasteiger partial charge in [-0.05, 0) is 31.7 Å². The molecule has 0 bridgehead atoms. The summed E-state index contributed by atoms with van der Waals surface area (Å²) in [6.07, 6.45) is 1.66. The monoisotopic (exact) mass is 251 g/mol. The highest BCUT2D eigenvalue weighted by Gasteiger charge is 2.25. The molecule has 1 saturated heterocycles. The number of aliphatic hydroxyl groups is 1. The summed E-state index contributed by atoms with van der Waals surface area (Å²) in [7, 11) is 0. The van der Waals surface area contributed by atoms with Crippen LogP contribution in [-0.2, 0) is 0 Å². The maximum atomic E-state index is 13.6. The first-order chi connectivity index (χ1) is 8.58. The quantitative estimate of drug-likeness (QED) is 0.892. The number of piperidine rings is 1. The lowest BCUT2D eigenvalue weighted by atomic mass is 9.94. The smallest absolute Gasteiger partial charge is 0.129 e. The highest BCUT2D eigenvalue weighted by molar-refractivity contribution is 5.20. The molecule has 1 N–H and O–H groups in total. The molecule has 0 amide bonds. The number of hydrogen-bond donors (Lipinski definition) is 1. The molecule has 1 aliphatic heterocycles. The third kappa shape index (κ3) is 3.09. The fourth-order valence-corrected chi connectivity index (χ4v) is 2.70. The predicted octanol–water partition coefficient (Wildman–Crippen LogP) is 2.98. The molecule has 0 saturated carbocycles. The van der Waals surface area contributed by atoms with Gasteiger partial charge in [0, 0.05) is 24.7 Å². The van der Waals surface area contributed by atoms with Gasteiger partial charge in [-0.2, -0.15) is 0 Å². The van der Waals surface area contributed by atoms with Crippen molar-refractivity contribution in [1.82, 2.24) is 4.90 Å². The second kappa shape index (κ2) is 5.81. The van der Waals surface area contributed by atoms with Crippen LogP contribution in [0.4, 0.5) is 4.39 Å². The maximum Gasteiger partial charge on any atom is 0.129 e. The molecular weight excluding hydrogens is 229 g/mol. The fourth-order valence-electron chi connectivity index (χ4n) is 2.70. The molecule has 3 unspecified atom stereocenters. The second-order valence-electron chi connectivity index (χ2n) is 5.52. The van der Waals surface area contributed by atoms with Crippen LogP contribution in [-0.4, -0.2) is 29.1 Å². The molecule has 1 aliphatic rings. The first-order valence-electron chi connectivity index (χ1n) is 6.74. The molecule has 0 aromatic heterocycles. The molecule has 1 heterocycles. The topological polar surface area (TPSA) is 23.5 Å². The Kier molecular flexibility index (Phi) is 4.36. The van der Waals surface area contributed by atoms with Gasteiger partial charge in [-0.15, -0.1) is 0 Å². The number of hydrogen-bond acceptors (Lipinski definition) is 2. The highest BCUT2D eigenvalue weighted by atomic mass is 19.1. The van der Waals surface area contributed by atoms with Crippen LogP contribution in [0.3, 0.4) is 0 Å². The van der Waals surface area contributed by atoms with Crippen molar-refractivity contribution >= 4 is 0 Å². The van der Waals surface area contributed by atoms with Gasteiger partial charge in [0.05, 0.1) is 6.10 Å². The zero-order valence-electron chi connectivity index (χ0n) is 11.1. The predicted molar refractivity (Wildman–Crippen MR) is 70.8 cm³/mol. The van der Waals surface area contributed by atoms with Crippen molar-refractivity contribution in [2.24, 2.45) is 5.92 Å². The van der Waals surface area contributed by atoms with Gasteiger partial charge in [0.2, 0.25) is 0 Å². The van der Waals surface area contributed by atoms with Crippen LogP contribution in [0, 0.1) is 11.7 Å². The molecule has 0 aliphatic carbocycles. The minimum absolute atomic E-state index is 0.317. The summed E-state index contributed by atoms with van der Waals surface area (Å²) >= 11 is 0. The summed E-state index contributed by atoms with van der Waals surface area (Å²) in [6.45, 7) is 5.92. The molecule has 18 heavy (non-hydrogen) atoms. The van der Waals surface area contributed by atoms with E-state index in [-0.39, 0.29) is 5.82 Å². The lowest BCUT2D eigenvalue weighted by molar-refractivity contribution is 0.0552. The van der Waals surface area contributed by atoms with Crippen molar-refractivity contribution < 1.29 is 9.50 Å². The van der Waals surface area contributed by atoms with Gasteiger partial charge in [0.1, 0.15) is 5.82 Å². The van der Waals surface area contributed by atoms with Crippen molar-refractivity contribution in [2.75, 3.05) is 13.1 Å². The standard InChI is InChI=1S/C15H22FNO/c1-11-7-8-12(2)17(9-11)10-15(18)13-5-3-4-6-14(13)16/h3-6,11-12,15,18H,7-10H2,1-2H3. The molecule has 0 radical (unpaired) electrons. The van der Waals surface area contributed by atoms with Crippen LogP contribution in [0.15, 0.2) is 24.3 Å². The van der Waals surface area contributed by atoms with Crippen molar-refractivity contribution in [3.63, 3.8) is 0 Å². The third-order valence-corrected chi connectivity index (χ3v) is 3.92. The van der Waals surface area contributed by atoms with E-state index in [0.717, 1.165) is 13.0 Å².